The van der Waals surface area contributed by atoms with Crippen LogP contribution in [0.2, 0.25) is 0 Å². The highest BCUT2D eigenvalue weighted by Gasteiger charge is 2.49. The number of fused-ring (bicyclic) bond motifs is 7. The molecule has 11 rings (SSSR count). The number of hydrogen-bond acceptors (Lipinski definition) is 1. The molecule has 0 unspecified atom stereocenters. The first-order valence-corrected chi connectivity index (χ1v) is 19.8. The SMILES string of the molecule is O=P1(c2ccccc2)N(c2ccc3c(c2)c2ccccc2n3-c2ccccc2)c2ccccc2N1c1ccc2c(c1)c1ccccc1n2-c1ccccc1. The molecule has 3 heterocycles. The van der Waals surface area contributed by atoms with Gasteiger partial charge in [0.2, 0.25) is 0 Å². The van der Waals surface area contributed by atoms with E-state index in [4.69, 9.17) is 0 Å². The normalized spacial score (nSPS) is 13.7. The fourth-order valence-electron chi connectivity index (χ4n) is 8.54. The maximum Gasteiger partial charge on any atom is 0.301 e. The summed E-state index contributed by atoms with van der Waals surface area (Å²) in [6, 6.07) is 69.4. The highest BCUT2D eigenvalue weighted by molar-refractivity contribution is 7.76. The average molecular weight is 713 g/mol. The van der Waals surface area contributed by atoms with Gasteiger partial charge in [0.1, 0.15) is 0 Å². The van der Waals surface area contributed by atoms with Crippen LogP contribution in [0, 0.1) is 0 Å². The van der Waals surface area contributed by atoms with Gasteiger partial charge in [0.15, 0.2) is 0 Å². The van der Waals surface area contributed by atoms with Crippen LogP contribution in [0.15, 0.2) is 200 Å². The van der Waals surface area contributed by atoms with Crippen LogP contribution < -0.4 is 14.6 Å². The fraction of sp³-hybridized carbons (Fsp3) is 0. The topological polar surface area (TPSA) is 33.4 Å². The Bertz CT molecular complexity index is 2910. The molecule has 0 radical (unpaired) electrons. The lowest BCUT2D eigenvalue weighted by molar-refractivity contribution is 0.582. The summed E-state index contributed by atoms with van der Waals surface area (Å²) in [5, 5.41) is 5.28. The number of aromatic nitrogens is 2. The number of benzene rings is 8. The summed E-state index contributed by atoms with van der Waals surface area (Å²) >= 11 is 0. The zero-order valence-corrected chi connectivity index (χ0v) is 30.1. The van der Waals surface area contributed by atoms with E-state index in [1.54, 1.807) is 0 Å². The number of nitrogens with zero attached hydrogens (tertiary/aromatic N) is 4. The second kappa shape index (κ2) is 11.9. The summed E-state index contributed by atoms with van der Waals surface area (Å²) in [6.07, 6.45) is 0. The van der Waals surface area contributed by atoms with Crippen LogP contribution in [0.1, 0.15) is 0 Å². The molecule has 0 atom stereocenters. The van der Waals surface area contributed by atoms with Gasteiger partial charge in [-0.1, -0.05) is 103 Å². The monoisotopic (exact) mass is 712 g/mol. The average Bonchev–Trinajstić information content (AvgIpc) is 3.85. The first kappa shape index (κ1) is 30.8. The quantitative estimate of drug-likeness (QED) is 0.167. The minimum Gasteiger partial charge on any atom is -0.309 e. The molecule has 8 aromatic carbocycles. The minimum absolute atomic E-state index is 0.764. The molecule has 0 N–H and O–H groups in total. The van der Waals surface area contributed by atoms with E-state index in [2.05, 4.69) is 164 Å². The second-order valence-electron chi connectivity index (χ2n) is 13.8. The molecule has 0 saturated carbocycles. The lowest BCUT2D eigenvalue weighted by Crippen LogP contribution is -2.26. The number of rotatable bonds is 5. The second-order valence-corrected chi connectivity index (χ2v) is 16.2. The van der Waals surface area contributed by atoms with E-state index in [9.17, 15) is 0 Å². The lowest BCUT2D eigenvalue weighted by Gasteiger charge is -2.33. The van der Waals surface area contributed by atoms with Crippen LogP contribution in [-0.2, 0) is 4.57 Å². The third-order valence-corrected chi connectivity index (χ3v) is 13.8. The van der Waals surface area contributed by atoms with Crippen molar-refractivity contribution in [2.24, 2.45) is 0 Å². The molecule has 2 aromatic heterocycles. The van der Waals surface area contributed by atoms with Gasteiger partial charge in [0.05, 0.1) is 50.1 Å². The molecule has 0 bridgehead atoms. The standard InChI is InChI=1S/C48H33N4OP/c53-54(38-20-8-3-9-21-38)51(36-28-30-45-41(32-36)39-22-10-12-24-43(39)49(45)34-16-4-1-5-17-34)47-26-14-15-27-48(47)52(54)37-29-31-46-42(33-37)40-23-11-13-25-44(40)50(46)35-18-6-2-7-19-35/h1-33H. The van der Waals surface area contributed by atoms with Crippen LogP contribution >= 0.6 is 7.44 Å². The van der Waals surface area contributed by atoms with Gasteiger partial charge in [0.25, 0.3) is 0 Å². The molecule has 0 spiro atoms. The summed E-state index contributed by atoms with van der Waals surface area (Å²) in [5.41, 5.74) is 10.2. The fourth-order valence-corrected chi connectivity index (χ4v) is 11.5. The maximum atomic E-state index is 16.6. The Kier molecular flexibility index (Phi) is 6.76. The van der Waals surface area contributed by atoms with Crippen molar-refractivity contribution < 1.29 is 4.57 Å². The van der Waals surface area contributed by atoms with E-state index in [1.807, 2.05) is 54.6 Å². The van der Waals surface area contributed by atoms with Gasteiger partial charge in [-0.3, -0.25) is 13.9 Å². The largest absolute Gasteiger partial charge is 0.309 e. The molecule has 0 aliphatic carbocycles. The summed E-state index contributed by atoms with van der Waals surface area (Å²) in [6.45, 7) is 0. The van der Waals surface area contributed by atoms with E-state index in [1.165, 1.54) is 0 Å². The zero-order chi connectivity index (χ0) is 35.8. The Hall–Kier alpha value is -6.81. The Morgan fingerprint density at radius 3 is 1.15 bits per heavy atom. The van der Waals surface area contributed by atoms with Gasteiger partial charge in [-0.2, -0.15) is 0 Å². The molecule has 0 fully saturated rings. The molecular formula is C48H33N4OP. The molecule has 6 heteroatoms. The molecule has 10 aromatic rings. The summed E-state index contributed by atoms with van der Waals surface area (Å²) in [5.74, 6) is 0. The molecule has 5 nitrogen and oxygen atoms in total. The Labute approximate surface area is 312 Å². The van der Waals surface area contributed by atoms with Crippen LogP contribution in [0.4, 0.5) is 22.7 Å². The van der Waals surface area contributed by atoms with Crippen molar-refractivity contribution in [2.75, 3.05) is 9.34 Å². The third kappa shape index (κ3) is 4.36. The highest BCUT2D eigenvalue weighted by atomic mass is 31.2. The molecule has 1 aliphatic rings. The summed E-state index contributed by atoms with van der Waals surface area (Å²) < 4.78 is 25.5. The van der Waals surface area contributed by atoms with Crippen molar-refractivity contribution >= 4 is 79.1 Å². The lowest BCUT2D eigenvalue weighted by atomic mass is 10.1. The van der Waals surface area contributed by atoms with Crippen LogP contribution in [-0.4, -0.2) is 9.13 Å². The number of hydrogen-bond donors (Lipinski definition) is 0. The van der Waals surface area contributed by atoms with Crippen LogP contribution in [0.25, 0.3) is 55.0 Å². The van der Waals surface area contributed by atoms with E-state index in [0.717, 1.165) is 83.0 Å². The van der Waals surface area contributed by atoms with Crippen molar-refractivity contribution in [3.8, 4) is 11.4 Å². The molecular weight excluding hydrogens is 680 g/mol. The Morgan fingerprint density at radius 2 is 0.685 bits per heavy atom. The molecule has 0 saturated heterocycles. The van der Waals surface area contributed by atoms with Gasteiger partial charge < -0.3 is 9.13 Å². The smallest absolute Gasteiger partial charge is 0.301 e. The molecule has 256 valence electrons. The highest BCUT2D eigenvalue weighted by Crippen LogP contribution is 2.70. The molecule has 1 aliphatic heterocycles. The zero-order valence-electron chi connectivity index (χ0n) is 29.2. The Balaban J connectivity index is 1.16. The van der Waals surface area contributed by atoms with Gasteiger partial charge in [0, 0.05) is 32.9 Å². The van der Waals surface area contributed by atoms with Gasteiger partial charge >= 0.3 is 7.44 Å². The van der Waals surface area contributed by atoms with E-state index in [-0.39, 0.29) is 0 Å². The van der Waals surface area contributed by atoms with Crippen molar-refractivity contribution in [3.05, 3.63) is 200 Å². The van der Waals surface area contributed by atoms with Crippen LogP contribution in [0.3, 0.4) is 0 Å². The predicted octanol–water partition coefficient (Wildman–Crippen LogP) is 12.7. The first-order valence-electron chi connectivity index (χ1n) is 18.2. The van der Waals surface area contributed by atoms with Crippen LogP contribution in [0.5, 0.6) is 0 Å². The van der Waals surface area contributed by atoms with Crippen molar-refractivity contribution in [3.63, 3.8) is 0 Å². The summed E-state index contributed by atoms with van der Waals surface area (Å²) in [4.78, 5) is 0. The van der Waals surface area contributed by atoms with Gasteiger partial charge in [-0.25, -0.2) is 0 Å². The van der Waals surface area contributed by atoms with Crippen molar-refractivity contribution in [2.45, 2.75) is 0 Å². The molecule has 54 heavy (non-hydrogen) atoms. The van der Waals surface area contributed by atoms with E-state index >= 15 is 4.57 Å². The Morgan fingerprint density at radius 1 is 0.315 bits per heavy atom. The third-order valence-electron chi connectivity index (χ3n) is 10.8. The maximum absolute atomic E-state index is 16.6. The van der Waals surface area contributed by atoms with Crippen molar-refractivity contribution in [1.82, 2.24) is 9.13 Å². The first-order chi connectivity index (χ1) is 26.7. The van der Waals surface area contributed by atoms with Gasteiger partial charge in [-0.15, -0.1) is 0 Å². The number of anilines is 4. The molecule has 0 amide bonds. The van der Waals surface area contributed by atoms with Gasteiger partial charge in [-0.05, 0) is 97.1 Å². The van der Waals surface area contributed by atoms with Crippen molar-refractivity contribution in [1.29, 1.82) is 0 Å². The predicted molar refractivity (Wildman–Crippen MR) is 226 cm³/mol. The number of para-hydroxylation sites is 6. The van der Waals surface area contributed by atoms with E-state index in [0.29, 0.717) is 0 Å². The minimum atomic E-state index is -3.59. The van der Waals surface area contributed by atoms with E-state index < -0.39 is 7.44 Å². The summed E-state index contributed by atoms with van der Waals surface area (Å²) in [7, 11) is -3.59.